The van der Waals surface area contributed by atoms with E-state index < -0.39 is 5.97 Å². The van der Waals surface area contributed by atoms with Gasteiger partial charge in [0.25, 0.3) is 0 Å². The number of ether oxygens (including phenoxy) is 2. The molecule has 2 rings (SSSR count). The number of carbonyl (C=O) groups is 2. The number of carbonyl (C=O) groups excluding carboxylic acids is 2. The SMILES string of the molecule is CCOC(=O)c1ccc(C(=O)/C=C2\NC(C)(C)CO2)cc1. The molecule has 0 bridgehead atoms. The Morgan fingerprint density at radius 3 is 2.43 bits per heavy atom. The van der Waals surface area contributed by atoms with Crippen LogP contribution in [0.4, 0.5) is 0 Å². The van der Waals surface area contributed by atoms with Gasteiger partial charge in [-0.3, -0.25) is 4.79 Å². The van der Waals surface area contributed by atoms with Crippen molar-refractivity contribution in [3.8, 4) is 0 Å². The Labute approximate surface area is 123 Å². The fraction of sp³-hybridized carbons (Fsp3) is 0.375. The molecule has 1 heterocycles. The average Bonchev–Trinajstić information content (AvgIpc) is 2.78. The zero-order chi connectivity index (χ0) is 15.5. The fourth-order valence-electron chi connectivity index (χ4n) is 1.93. The first kappa shape index (κ1) is 15.1. The monoisotopic (exact) mass is 289 g/mol. The Morgan fingerprint density at radius 1 is 1.29 bits per heavy atom. The summed E-state index contributed by atoms with van der Waals surface area (Å²) in [5, 5.41) is 3.12. The summed E-state index contributed by atoms with van der Waals surface area (Å²) >= 11 is 0. The van der Waals surface area contributed by atoms with Crippen molar-refractivity contribution in [2.45, 2.75) is 26.3 Å². The summed E-state index contributed by atoms with van der Waals surface area (Å²) in [4.78, 5) is 23.6. The lowest BCUT2D eigenvalue weighted by atomic mass is 10.1. The summed E-state index contributed by atoms with van der Waals surface area (Å²) in [6, 6.07) is 6.37. The van der Waals surface area contributed by atoms with E-state index in [-0.39, 0.29) is 11.3 Å². The molecule has 1 fully saturated rings. The molecule has 0 spiro atoms. The van der Waals surface area contributed by atoms with Gasteiger partial charge in [0.1, 0.15) is 6.61 Å². The maximum Gasteiger partial charge on any atom is 0.338 e. The zero-order valence-electron chi connectivity index (χ0n) is 12.4. The van der Waals surface area contributed by atoms with Crippen LogP contribution < -0.4 is 5.32 Å². The molecule has 0 radical (unpaired) electrons. The molecule has 0 atom stereocenters. The molecule has 1 aromatic carbocycles. The molecule has 0 amide bonds. The predicted molar refractivity (Wildman–Crippen MR) is 78.0 cm³/mol. The summed E-state index contributed by atoms with van der Waals surface area (Å²) in [5.74, 6) is -0.0949. The van der Waals surface area contributed by atoms with Crippen molar-refractivity contribution in [2.24, 2.45) is 0 Å². The van der Waals surface area contributed by atoms with Gasteiger partial charge < -0.3 is 14.8 Å². The quantitative estimate of drug-likeness (QED) is 0.523. The molecule has 0 aromatic heterocycles. The Morgan fingerprint density at radius 2 is 1.90 bits per heavy atom. The van der Waals surface area contributed by atoms with Gasteiger partial charge >= 0.3 is 5.97 Å². The Kier molecular flexibility index (Phi) is 4.31. The minimum Gasteiger partial charge on any atom is -0.477 e. The topological polar surface area (TPSA) is 64.6 Å². The van der Waals surface area contributed by atoms with Crippen LogP contribution in [0, 0.1) is 0 Å². The lowest BCUT2D eigenvalue weighted by molar-refractivity contribution is 0.0526. The van der Waals surface area contributed by atoms with E-state index in [0.29, 0.717) is 30.2 Å². The average molecular weight is 289 g/mol. The van der Waals surface area contributed by atoms with Crippen LogP contribution in [0.25, 0.3) is 0 Å². The molecule has 1 saturated heterocycles. The van der Waals surface area contributed by atoms with Crippen LogP contribution in [0.15, 0.2) is 36.2 Å². The molecule has 5 nitrogen and oxygen atoms in total. The highest BCUT2D eigenvalue weighted by atomic mass is 16.5. The smallest absolute Gasteiger partial charge is 0.338 e. The summed E-state index contributed by atoms with van der Waals surface area (Å²) in [5.41, 5.74) is 0.753. The van der Waals surface area contributed by atoms with E-state index in [0.717, 1.165) is 0 Å². The van der Waals surface area contributed by atoms with Gasteiger partial charge in [0.2, 0.25) is 0 Å². The number of nitrogens with one attached hydrogen (secondary N) is 1. The van der Waals surface area contributed by atoms with E-state index in [9.17, 15) is 9.59 Å². The third-order valence-corrected chi connectivity index (χ3v) is 2.99. The van der Waals surface area contributed by atoms with Gasteiger partial charge in [0, 0.05) is 11.6 Å². The molecule has 21 heavy (non-hydrogen) atoms. The van der Waals surface area contributed by atoms with Crippen LogP contribution in [-0.4, -0.2) is 30.5 Å². The lowest BCUT2D eigenvalue weighted by Gasteiger charge is -2.13. The van der Waals surface area contributed by atoms with E-state index in [2.05, 4.69) is 5.32 Å². The zero-order valence-corrected chi connectivity index (χ0v) is 12.4. The maximum atomic E-state index is 12.1. The van der Waals surface area contributed by atoms with E-state index in [1.807, 2.05) is 13.8 Å². The first-order valence-corrected chi connectivity index (χ1v) is 6.85. The molecular formula is C16H19NO4. The summed E-state index contributed by atoms with van der Waals surface area (Å²) < 4.78 is 10.3. The predicted octanol–water partition coefficient (Wildman–Crippen LogP) is 2.29. The standard InChI is InChI=1S/C16H19NO4/c1-4-20-15(19)12-7-5-11(6-8-12)13(18)9-14-17-16(2,3)10-21-14/h5-9,17H,4,10H2,1-3H3/b14-9+. The van der Waals surface area contributed by atoms with E-state index in [1.165, 1.54) is 6.08 Å². The molecule has 0 saturated carbocycles. The number of benzene rings is 1. The van der Waals surface area contributed by atoms with Gasteiger partial charge in [-0.15, -0.1) is 0 Å². The van der Waals surface area contributed by atoms with Crippen molar-refractivity contribution in [3.63, 3.8) is 0 Å². The molecule has 5 heteroatoms. The summed E-state index contributed by atoms with van der Waals surface area (Å²) in [7, 11) is 0. The van der Waals surface area contributed by atoms with E-state index >= 15 is 0 Å². The third kappa shape index (κ3) is 3.84. The molecule has 0 aliphatic carbocycles. The number of esters is 1. The van der Waals surface area contributed by atoms with Gasteiger partial charge in [-0.2, -0.15) is 0 Å². The highest BCUT2D eigenvalue weighted by Gasteiger charge is 2.27. The van der Waals surface area contributed by atoms with Gasteiger partial charge in [-0.1, -0.05) is 12.1 Å². The summed E-state index contributed by atoms with van der Waals surface area (Å²) in [6.07, 6.45) is 1.42. The van der Waals surface area contributed by atoms with Crippen LogP contribution in [0.5, 0.6) is 0 Å². The minimum atomic E-state index is -0.391. The highest BCUT2D eigenvalue weighted by molar-refractivity contribution is 6.05. The van der Waals surface area contributed by atoms with Crippen molar-refractivity contribution >= 4 is 11.8 Å². The van der Waals surface area contributed by atoms with E-state index in [1.54, 1.807) is 31.2 Å². The largest absolute Gasteiger partial charge is 0.477 e. The second-order valence-electron chi connectivity index (χ2n) is 5.47. The van der Waals surface area contributed by atoms with Gasteiger partial charge in [-0.05, 0) is 32.9 Å². The number of allylic oxidation sites excluding steroid dienone is 1. The highest BCUT2D eigenvalue weighted by Crippen LogP contribution is 2.17. The van der Waals surface area contributed by atoms with Gasteiger partial charge in [0.05, 0.1) is 17.7 Å². The molecule has 112 valence electrons. The molecule has 1 N–H and O–H groups in total. The second-order valence-corrected chi connectivity index (χ2v) is 5.47. The Hall–Kier alpha value is -2.30. The Balaban J connectivity index is 2.07. The van der Waals surface area contributed by atoms with Crippen molar-refractivity contribution < 1.29 is 19.1 Å². The number of hydrogen-bond acceptors (Lipinski definition) is 5. The lowest BCUT2D eigenvalue weighted by Crippen LogP contribution is -2.34. The third-order valence-electron chi connectivity index (χ3n) is 2.99. The van der Waals surface area contributed by atoms with Crippen molar-refractivity contribution in [1.82, 2.24) is 5.32 Å². The Bertz CT molecular complexity index is 572. The fourth-order valence-corrected chi connectivity index (χ4v) is 1.93. The second kappa shape index (κ2) is 5.99. The summed E-state index contributed by atoms with van der Waals surface area (Å²) in [6.45, 7) is 6.58. The molecule has 1 aliphatic rings. The first-order chi connectivity index (χ1) is 9.91. The minimum absolute atomic E-state index is 0.167. The first-order valence-electron chi connectivity index (χ1n) is 6.85. The van der Waals surface area contributed by atoms with Crippen LogP contribution in [0.1, 0.15) is 41.5 Å². The molecule has 1 aliphatic heterocycles. The molecule has 0 unspecified atom stereocenters. The van der Waals surface area contributed by atoms with Crippen LogP contribution in [-0.2, 0) is 9.47 Å². The van der Waals surface area contributed by atoms with Crippen LogP contribution in [0.2, 0.25) is 0 Å². The molecular weight excluding hydrogens is 270 g/mol. The molecule has 1 aromatic rings. The van der Waals surface area contributed by atoms with Gasteiger partial charge in [-0.25, -0.2) is 4.79 Å². The van der Waals surface area contributed by atoms with Gasteiger partial charge in [0.15, 0.2) is 11.7 Å². The van der Waals surface area contributed by atoms with Crippen molar-refractivity contribution in [3.05, 3.63) is 47.4 Å². The number of hydrogen-bond donors (Lipinski definition) is 1. The number of rotatable bonds is 4. The van der Waals surface area contributed by atoms with Crippen LogP contribution in [0.3, 0.4) is 0 Å². The maximum absolute atomic E-state index is 12.1. The van der Waals surface area contributed by atoms with Crippen LogP contribution >= 0.6 is 0 Å². The van der Waals surface area contributed by atoms with Crippen molar-refractivity contribution in [2.75, 3.05) is 13.2 Å². The van der Waals surface area contributed by atoms with Crippen molar-refractivity contribution in [1.29, 1.82) is 0 Å². The number of ketones is 1. The van der Waals surface area contributed by atoms with E-state index in [4.69, 9.17) is 9.47 Å². The normalized spacial score (nSPS) is 18.0.